The van der Waals surface area contributed by atoms with Crippen LogP contribution in [0.3, 0.4) is 0 Å². The van der Waals surface area contributed by atoms with Crippen LogP contribution in [0.1, 0.15) is 24.3 Å². The van der Waals surface area contributed by atoms with Gasteiger partial charge >= 0.3 is 0 Å². The molecule has 1 unspecified atom stereocenters. The molecule has 134 valence electrons. The molecular weight excluding hydrogens is 383 g/mol. The van der Waals surface area contributed by atoms with Gasteiger partial charge < -0.3 is 14.2 Å². The lowest BCUT2D eigenvalue weighted by atomic mass is 10.2. The molecule has 1 saturated heterocycles. The number of hydrogen-bond acceptors (Lipinski definition) is 4. The number of amides is 1. The maximum Gasteiger partial charge on any atom is 0.291 e. The van der Waals surface area contributed by atoms with Gasteiger partial charge in [-0.3, -0.25) is 4.79 Å². The number of hydrogen-bond donors (Lipinski definition) is 1. The highest BCUT2D eigenvalue weighted by Crippen LogP contribution is 2.24. The van der Waals surface area contributed by atoms with Gasteiger partial charge in [0.2, 0.25) is 11.8 Å². The predicted octanol–water partition coefficient (Wildman–Crippen LogP) is 2.31. The standard InChI is InChI=1S/C16H18Cl2N4O2S/c1-20(8-11-4-2-5-12(17)15(11)18)10-22-16(25)24-13(19-22)9-21-7-3-6-14(21)23/h2,4-5H,3,6-10H2,1H3/p+1. The highest BCUT2D eigenvalue weighted by molar-refractivity contribution is 7.71. The third-order valence-electron chi connectivity index (χ3n) is 4.09. The summed E-state index contributed by atoms with van der Waals surface area (Å²) in [6.07, 6.45) is 1.47. The second-order valence-corrected chi connectivity index (χ2v) is 7.32. The average molecular weight is 402 g/mol. The molecule has 1 amide bonds. The van der Waals surface area contributed by atoms with Crippen LogP contribution in [0.25, 0.3) is 0 Å². The molecule has 0 aliphatic carbocycles. The zero-order valence-electron chi connectivity index (χ0n) is 13.8. The van der Waals surface area contributed by atoms with Gasteiger partial charge in [-0.1, -0.05) is 35.3 Å². The van der Waals surface area contributed by atoms with E-state index in [1.165, 1.54) is 0 Å². The average Bonchev–Trinajstić information content (AvgIpc) is 3.11. The van der Waals surface area contributed by atoms with E-state index in [0.29, 0.717) is 47.0 Å². The van der Waals surface area contributed by atoms with Crippen molar-refractivity contribution in [2.45, 2.75) is 32.6 Å². The Balaban J connectivity index is 1.65. The number of nitrogens with zero attached hydrogens (tertiary/aromatic N) is 3. The van der Waals surface area contributed by atoms with Gasteiger partial charge in [-0.25, -0.2) is 0 Å². The maximum absolute atomic E-state index is 11.7. The SMILES string of the molecule is C[NH+](Cc1cccc(Cl)c1Cl)Cn1nc(CN2CCCC2=O)oc1=S. The molecule has 1 aliphatic rings. The van der Waals surface area contributed by atoms with E-state index in [4.69, 9.17) is 39.8 Å². The number of halogens is 2. The van der Waals surface area contributed by atoms with E-state index in [2.05, 4.69) is 5.10 Å². The summed E-state index contributed by atoms with van der Waals surface area (Å²) in [5.41, 5.74) is 0.963. The first-order chi connectivity index (χ1) is 11.9. The highest BCUT2D eigenvalue weighted by Gasteiger charge is 2.22. The van der Waals surface area contributed by atoms with Crippen LogP contribution in [0.2, 0.25) is 10.0 Å². The Morgan fingerprint density at radius 3 is 2.92 bits per heavy atom. The number of likely N-dealkylation sites (tertiary alicyclic amines) is 1. The summed E-state index contributed by atoms with van der Waals surface area (Å²) in [5, 5.41) is 5.52. The molecule has 2 aromatic rings. The molecule has 1 N–H and O–H groups in total. The van der Waals surface area contributed by atoms with E-state index in [1.807, 2.05) is 19.2 Å². The molecule has 0 radical (unpaired) electrons. The van der Waals surface area contributed by atoms with Crippen molar-refractivity contribution in [1.29, 1.82) is 0 Å². The Morgan fingerprint density at radius 1 is 1.40 bits per heavy atom. The van der Waals surface area contributed by atoms with Gasteiger partial charge in [0.15, 0.2) is 6.67 Å². The molecule has 1 aliphatic heterocycles. The summed E-state index contributed by atoms with van der Waals surface area (Å²) in [6, 6.07) is 5.59. The zero-order chi connectivity index (χ0) is 18.0. The van der Waals surface area contributed by atoms with Crippen molar-refractivity contribution < 1.29 is 14.1 Å². The quantitative estimate of drug-likeness (QED) is 0.754. The summed E-state index contributed by atoms with van der Waals surface area (Å²) < 4.78 is 7.17. The number of nitrogens with one attached hydrogen (secondary N) is 1. The minimum atomic E-state index is 0.133. The van der Waals surface area contributed by atoms with E-state index >= 15 is 0 Å². The van der Waals surface area contributed by atoms with Crippen molar-refractivity contribution >= 4 is 41.3 Å². The van der Waals surface area contributed by atoms with Gasteiger partial charge in [0, 0.05) is 18.5 Å². The summed E-state index contributed by atoms with van der Waals surface area (Å²) in [4.78, 5) is 14.9. The zero-order valence-corrected chi connectivity index (χ0v) is 16.1. The molecular formula is C16H19Cl2N4O2S+. The fourth-order valence-corrected chi connectivity index (χ4v) is 3.46. The van der Waals surface area contributed by atoms with Gasteiger partial charge in [0.25, 0.3) is 4.84 Å². The van der Waals surface area contributed by atoms with Crippen molar-refractivity contribution in [3.8, 4) is 0 Å². The van der Waals surface area contributed by atoms with Crippen LogP contribution >= 0.6 is 35.4 Å². The van der Waals surface area contributed by atoms with Crippen molar-refractivity contribution in [1.82, 2.24) is 14.7 Å². The van der Waals surface area contributed by atoms with Gasteiger partial charge in [-0.2, -0.15) is 4.68 Å². The summed E-state index contributed by atoms with van der Waals surface area (Å²) >= 11 is 17.5. The lowest BCUT2D eigenvalue weighted by Gasteiger charge is -2.14. The maximum atomic E-state index is 11.7. The summed E-state index contributed by atoms with van der Waals surface area (Å²) in [7, 11) is 2.01. The Kier molecular flexibility index (Phi) is 5.78. The molecule has 3 rings (SSSR count). The van der Waals surface area contributed by atoms with Gasteiger partial charge in [0.1, 0.15) is 6.54 Å². The number of carbonyl (C=O) groups excluding carboxylic acids is 1. The van der Waals surface area contributed by atoms with Crippen LogP contribution in [0, 0.1) is 4.84 Å². The second kappa shape index (κ2) is 7.86. The van der Waals surface area contributed by atoms with Crippen molar-refractivity contribution in [2.24, 2.45) is 0 Å². The Morgan fingerprint density at radius 2 is 2.20 bits per heavy atom. The van der Waals surface area contributed by atoms with E-state index in [1.54, 1.807) is 15.6 Å². The first-order valence-electron chi connectivity index (χ1n) is 8.03. The topological polar surface area (TPSA) is 55.7 Å². The third kappa shape index (κ3) is 4.41. The Bertz CT molecular complexity index is 836. The van der Waals surface area contributed by atoms with Crippen LogP contribution in [-0.2, 0) is 24.6 Å². The van der Waals surface area contributed by atoms with Crippen LogP contribution in [0.5, 0.6) is 0 Å². The molecule has 0 spiro atoms. The predicted molar refractivity (Wildman–Crippen MR) is 97.0 cm³/mol. The monoisotopic (exact) mass is 401 g/mol. The number of carbonyl (C=O) groups is 1. The molecule has 0 saturated carbocycles. The lowest BCUT2D eigenvalue weighted by Crippen LogP contribution is -3.07. The van der Waals surface area contributed by atoms with Crippen molar-refractivity contribution in [3.63, 3.8) is 0 Å². The van der Waals surface area contributed by atoms with Crippen LogP contribution in [-0.4, -0.2) is 34.2 Å². The van der Waals surface area contributed by atoms with E-state index < -0.39 is 0 Å². The normalized spacial score (nSPS) is 15.8. The fourth-order valence-electron chi connectivity index (χ4n) is 2.87. The third-order valence-corrected chi connectivity index (χ3v) is 5.24. The van der Waals surface area contributed by atoms with E-state index in [9.17, 15) is 4.79 Å². The fraction of sp³-hybridized carbons (Fsp3) is 0.438. The molecule has 1 fully saturated rings. The van der Waals surface area contributed by atoms with E-state index in [-0.39, 0.29) is 5.91 Å². The molecule has 25 heavy (non-hydrogen) atoms. The van der Waals surface area contributed by atoms with Gasteiger partial charge in [-0.05, 0) is 24.7 Å². The summed E-state index contributed by atoms with van der Waals surface area (Å²) in [5.74, 6) is 0.600. The van der Waals surface area contributed by atoms with E-state index in [0.717, 1.165) is 23.4 Å². The minimum Gasteiger partial charge on any atom is -0.412 e. The second-order valence-electron chi connectivity index (χ2n) is 6.19. The minimum absolute atomic E-state index is 0.133. The molecule has 2 heterocycles. The smallest absolute Gasteiger partial charge is 0.291 e. The number of benzene rings is 1. The van der Waals surface area contributed by atoms with Crippen LogP contribution in [0.15, 0.2) is 22.6 Å². The van der Waals surface area contributed by atoms with Gasteiger partial charge in [-0.15, -0.1) is 5.10 Å². The molecule has 6 nitrogen and oxygen atoms in total. The molecule has 0 bridgehead atoms. The molecule has 1 atom stereocenters. The van der Waals surface area contributed by atoms with Crippen molar-refractivity contribution in [3.05, 3.63) is 44.5 Å². The van der Waals surface area contributed by atoms with Crippen molar-refractivity contribution in [2.75, 3.05) is 13.6 Å². The first-order valence-corrected chi connectivity index (χ1v) is 9.19. The molecule has 1 aromatic heterocycles. The first kappa shape index (κ1) is 18.4. The number of quaternary nitrogens is 1. The van der Waals surface area contributed by atoms with Crippen LogP contribution in [0.4, 0.5) is 0 Å². The Hall–Kier alpha value is -1.41. The number of rotatable bonds is 6. The van der Waals surface area contributed by atoms with Gasteiger partial charge in [0.05, 0.1) is 23.6 Å². The Labute approximate surface area is 160 Å². The highest BCUT2D eigenvalue weighted by atomic mass is 35.5. The largest absolute Gasteiger partial charge is 0.412 e. The summed E-state index contributed by atoms with van der Waals surface area (Å²) in [6.45, 7) is 2.31. The van der Waals surface area contributed by atoms with Crippen LogP contribution < -0.4 is 4.90 Å². The lowest BCUT2D eigenvalue weighted by molar-refractivity contribution is -0.917. The molecule has 9 heteroatoms. The number of aromatic nitrogens is 2. The molecule has 1 aromatic carbocycles.